The van der Waals surface area contributed by atoms with Crippen LogP contribution in [-0.2, 0) is 14.3 Å². The van der Waals surface area contributed by atoms with Crippen LogP contribution in [-0.4, -0.2) is 47.4 Å². The fourth-order valence-electron chi connectivity index (χ4n) is 12.3. The highest BCUT2D eigenvalue weighted by Crippen LogP contribution is 2.20. The van der Waals surface area contributed by atoms with Crippen LogP contribution >= 0.6 is 0 Å². The van der Waals surface area contributed by atoms with Gasteiger partial charge in [0.15, 0.2) is 0 Å². The Balaban J connectivity index is 3.36. The first-order chi connectivity index (χ1) is 41.5. The maximum atomic E-state index is 12.5. The van der Waals surface area contributed by atoms with Crippen LogP contribution in [0.4, 0.5) is 0 Å². The number of hydrogen-bond donors (Lipinski definition) is 3. The first-order valence-corrected chi connectivity index (χ1v) is 38.6. The van der Waals surface area contributed by atoms with Crippen LogP contribution in [0.2, 0.25) is 0 Å². The lowest BCUT2D eigenvalue weighted by Crippen LogP contribution is -2.45. The fraction of sp³-hybridized carbons (Fsp3) is 0.923. The maximum absolute atomic E-state index is 12.5. The minimum atomic E-state index is -0.843. The Morgan fingerprint density at radius 2 is 0.560 bits per heavy atom. The summed E-state index contributed by atoms with van der Waals surface area (Å²) in [7, 11) is 0. The van der Waals surface area contributed by atoms with Gasteiger partial charge >= 0.3 is 5.97 Å². The molecule has 498 valence electrons. The van der Waals surface area contributed by atoms with Crippen molar-refractivity contribution in [3.63, 3.8) is 0 Å². The van der Waals surface area contributed by atoms with Crippen LogP contribution in [0.15, 0.2) is 24.3 Å². The molecular formula is C78H151NO5. The Hall–Kier alpha value is -1.66. The molecule has 0 fully saturated rings. The van der Waals surface area contributed by atoms with Crippen LogP contribution in [0.5, 0.6) is 0 Å². The van der Waals surface area contributed by atoms with E-state index in [1.807, 2.05) is 6.08 Å². The van der Waals surface area contributed by atoms with Crippen LogP contribution < -0.4 is 5.32 Å². The first kappa shape index (κ1) is 82.3. The highest BCUT2D eigenvalue weighted by Gasteiger charge is 2.18. The largest absolute Gasteiger partial charge is 0.466 e. The molecule has 6 heteroatoms. The van der Waals surface area contributed by atoms with Gasteiger partial charge in [0.25, 0.3) is 0 Å². The quantitative estimate of drug-likeness (QED) is 0.0320. The lowest BCUT2D eigenvalue weighted by molar-refractivity contribution is -0.143. The lowest BCUT2D eigenvalue weighted by Gasteiger charge is -2.20. The number of allylic oxidation sites excluding steroid dienone is 3. The van der Waals surface area contributed by atoms with Gasteiger partial charge in [-0.25, -0.2) is 0 Å². The first-order valence-electron chi connectivity index (χ1n) is 38.6. The van der Waals surface area contributed by atoms with Gasteiger partial charge in [0, 0.05) is 12.8 Å². The molecule has 0 saturated heterocycles. The molecule has 0 aromatic carbocycles. The monoisotopic (exact) mass is 1180 g/mol. The summed E-state index contributed by atoms with van der Waals surface area (Å²) in [4.78, 5) is 24.6. The van der Waals surface area contributed by atoms with Crippen LogP contribution in [0, 0.1) is 0 Å². The second-order valence-electron chi connectivity index (χ2n) is 26.7. The minimum Gasteiger partial charge on any atom is -0.466 e. The zero-order chi connectivity index (χ0) is 60.6. The average molecular weight is 1180 g/mol. The Morgan fingerprint density at radius 3 is 0.845 bits per heavy atom. The van der Waals surface area contributed by atoms with Gasteiger partial charge in [-0.3, -0.25) is 9.59 Å². The maximum Gasteiger partial charge on any atom is 0.305 e. The molecule has 6 nitrogen and oxygen atoms in total. The number of carbonyl (C=O) groups is 2. The smallest absolute Gasteiger partial charge is 0.305 e. The van der Waals surface area contributed by atoms with E-state index >= 15 is 0 Å². The number of aliphatic hydroxyl groups excluding tert-OH is 2. The molecule has 2 unspecified atom stereocenters. The van der Waals surface area contributed by atoms with E-state index in [0.717, 1.165) is 44.9 Å². The standard InChI is InChI=1S/C78H151NO5/c1-3-5-7-9-11-13-15-17-19-20-21-22-30-33-36-39-43-46-50-54-58-62-66-70-76(81)75(74-80)79-77(82)71-67-63-59-55-51-47-44-40-37-34-31-28-26-24-23-25-27-29-32-35-38-41-45-49-53-57-61-65-69-73-84-78(83)72-68-64-60-56-52-48-42-18-16-14-12-10-8-6-4-2/h18,42,66,70,75-76,80-81H,3-17,19-41,43-65,67-69,71-74H2,1-2H3,(H,79,82)/b42-18-,70-66+. The fourth-order valence-corrected chi connectivity index (χ4v) is 12.3. The molecule has 2 atom stereocenters. The van der Waals surface area contributed by atoms with E-state index in [-0.39, 0.29) is 18.5 Å². The molecule has 1 amide bonds. The van der Waals surface area contributed by atoms with Gasteiger partial charge in [0.1, 0.15) is 0 Å². The van der Waals surface area contributed by atoms with Crippen molar-refractivity contribution in [2.45, 2.75) is 450 Å². The molecule has 0 heterocycles. The summed E-state index contributed by atoms with van der Waals surface area (Å²) in [5, 5.41) is 23.3. The number of amides is 1. The van der Waals surface area contributed by atoms with Gasteiger partial charge in [-0.05, 0) is 57.8 Å². The molecule has 0 radical (unpaired) electrons. The molecular weight excluding hydrogens is 1030 g/mol. The van der Waals surface area contributed by atoms with Crippen molar-refractivity contribution in [3.8, 4) is 0 Å². The zero-order valence-corrected chi connectivity index (χ0v) is 57.2. The SMILES string of the molecule is CCCCCCCC/C=C\CCCCCCCC(=O)OCCCCCCCCCCCCCCCCCCCCCCCCCCCCCCCC(=O)NC(CO)C(O)/C=C/CCCCCCCCCCCCCCCCCCCCCCC. The number of carbonyl (C=O) groups excluding carboxylic acids is 2. The van der Waals surface area contributed by atoms with Crippen molar-refractivity contribution in [2.75, 3.05) is 13.2 Å². The summed E-state index contributed by atoms with van der Waals surface area (Å²) in [5.74, 6) is -0.0473. The molecule has 0 spiro atoms. The second kappa shape index (κ2) is 73.8. The molecule has 0 rings (SSSR count). The van der Waals surface area contributed by atoms with E-state index in [1.165, 1.54) is 366 Å². The molecule has 3 N–H and O–H groups in total. The number of nitrogens with one attached hydrogen (secondary N) is 1. The van der Waals surface area contributed by atoms with Crippen LogP contribution in [0.1, 0.15) is 438 Å². The van der Waals surface area contributed by atoms with Crippen LogP contribution in [0.3, 0.4) is 0 Å². The van der Waals surface area contributed by atoms with Gasteiger partial charge < -0.3 is 20.3 Å². The predicted molar refractivity (Wildman–Crippen MR) is 370 cm³/mol. The normalized spacial score (nSPS) is 12.6. The number of hydrogen-bond acceptors (Lipinski definition) is 5. The molecule has 0 aromatic heterocycles. The van der Waals surface area contributed by atoms with Gasteiger partial charge in [-0.1, -0.05) is 391 Å². The molecule has 84 heavy (non-hydrogen) atoms. The van der Waals surface area contributed by atoms with Crippen molar-refractivity contribution >= 4 is 11.9 Å². The highest BCUT2D eigenvalue weighted by molar-refractivity contribution is 5.76. The highest BCUT2D eigenvalue weighted by atomic mass is 16.5. The molecule has 0 aliphatic heterocycles. The Bertz CT molecular complexity index is 1320. The van der Waals surface area contributed by atoms with Gasteiger partial charge in [0.05, 0.1) is 25.4 Å². The molecule has 0 saturated carbocycles. The number of ether oxygens (including phenoxy) is 1. The van der Waals surface area contributed by atoms with Crippen molar-refractivity contribution < 1.29 is 24.5 Å². The molecule has 0 aliphatic carbocycles. The summed E-state index contributed by atoms with van der Waals surface area (Å²) < 4.78 is 5.50. The summed E-state index contributed by atoms with van der Waals surface area (Å²) in [6, 6.07) is -0.626. The van der Waals surface area contributed by atoms with Crippen molar-refractivity contribution in [1.82, 2.24) is 5.32 Å². The number of esters is 1. The summed E-state index contributed by atoms with van der Waals surface area (Å²) in [5.41, 5.74) is 0. The number of rotatable bonds is 73. The predicted octanol–water partition coefficient (Wildman–Crippen LogP) is 25.3. The van der Waals surface area contributed by atoms with Crippen molar-refractivity contribution in [3.05, 3.63) is 24.3 Å². The van der Waals surface area contributed by atoms with E-state index in [2.05, 4.69) is 31.3 Å². The molecule has 0 aliphatic rings. The zero-order valence-electron chi connectivity index (χ0n) is 57.2. The van der Waals surface area contributed by atoms with Crippen LogP contribution in [0.25, 0.3) is 0 Å². The van der Waals surface area contributed by atoms with E-state index < -0.39 is 12.1 Å². The van der Waals surface area contributed by atoms with E-state index in [4.69, 9.17) is 4.74 Å². The third-order valence-corrected chi connectivity index (χ3v) is 18.2. The summed E-state index contributed by atoms with van der Waals surface area (Å²) >= 11 is 0. The summed E-state index contributed by atoms with van der Waals surface area (Å²) in [6.45, 7) is 4.95. The van der Waals surface area contributed by atoms with E-state index in [9.17, 15) is 19.8 Å². The molecule has 0 bridgehead atoms. The lowest BCUT2D eigenvalue weighted by atomic mass is 10.0. The topological polar surface area (TPSA) is 95.9 Å². The molecule has 0 aromatic rings. The van der Waals surface area contributed by atoms with Gasteiger partial charge in [-0.15, -0.1) is 0 Å². The van der Waals surface area contributed by atoms with Gasteiger partial charge in [0.2, 0.25) is 5.91 Å². The average Bonchev–Trinajstić information content (AvgIpc) is 3.51. The Kier molecular flexibility index (Phi) is 72.3. The Morgan fingerprint density at radius 1 is 0.321 bits per heavy atom. The number of aliphatic hydroxyl groups is 2. The van der Waals surface area contributed by atoms with Crippen molar-refractivity contribution in [2.24, 2.45) is 0 Å². The third kappa shape index (κ3) is 69.4. The van der Waals surface area contributed by atoms with Crippen molar-refractivity contribution in [1.29, 1.82) is 0 Å². The third-order valence-electron chi connectivity index (χ3n) is 18.2. The van der Waals surface area contributed by atoms with Gasteiger partial charge in [-0.2, -0.15) is 0 Å². The second-order valence-corrected chi connectivity index (χ2v) is 26.7. The number of unbranched alkanes of at least 4 members (excludes halogenated alkanes) is 60. The van der Waals surface area contributed by atoms with E-state index in [0.29, 0.717) is 19.4 Å². The van der Waals surface area contributed by atoms with E-state index in [1.54, 1.807) is 6.08 Å². The Labute approximate surface area is 526 Å². The summed E-state index contributed by atoms with van der Waals surface area (Å²) in [6.07, 6.45) is 94.3. The minimum absolute atomic E-state index is 0.0122.